The van der Waals surface area contributed by atoms with Crippen molar-refractivity contribution in [1.82, 2.24) is 5.32 Å². The van der Waals surface area contributed by atoms with Gasteiger partial charge in [-0.3, -0.25) is 9.36 Å². The van der Waals surface area contributed by atoms with Gasteiger partial charge in [-0.25, -0.2) is 0 Å². The zero-order chi connectivity index (χ0) is 63.4. The number of phosphoric acid groups is 1. The molecule has 1 amide bonds. The molecule has 9 heteroatoms. The summed E-state index contributed by atoms with van der Waals surface area (Å²) < 4.78 is 23.4. The standard InChI is InChI=1S/C78H129N2O6P/c1-6-8-10-12-14-16-18-20-22-24-26-28-30-32-34-35-36-37-38-39-40-41-42-43-44-45-46-48-50-52-54-56-58-60-62-64-66-68-70-72-78(82)79-76(75-86-87(83,84)85-74-73-80(3,4)5)77(81)71-69-67-65-63-61-59-57-55-53-51-49-47-33-31-29-27-25-23-21-19-17-15-13-11-9-7-2/h8,10,14,16,20,22,26,28,32,34,36-37,39-40,42-43,45-46,50,52-53,55-56,58,61-64,69,71,76-77,81H,6-7,9,11-13,15,17-19,21,23-25,27,29-31,33,35,38,41,44,47-49,51,54,57,59-60,65-68,70,72-75H2,1-5H3,(H-,79,82,83,84)/b10-8-,16-14-,22-20-,28-26-,34-32-,37-36-,40-39-,43-42-,46-45-,52-50-,55-53+,58-56-,63-61+,64-62-,71-69+. The SMILES string of the molecule is CC/C=C\C/C=C\C/C=C\C/C=C\C/C=C\C/C=C\C/C=C\C/C=C\C/C=C\C/C=C\C/C=C\C/C=C\CCCCC(=O)NC(COP(=O)([O-])OCC[N+](C)(C)C)C(O)/C=C/CC/C=C/CC/C=C/CCCCCCCCCCCCCCCCCC. The molecule has 0 spiro atoms. The summed E-state index contributed by atoms with van der Waals surface area (Å²) in [7, 11) is 1.18. The van der Waals surface area contributed by atoms with Gasteiger partial charge in [-0.05, 0) is 135 Å². The van der Waals surface area contributed by atoms with E-state index in [1.807, 2.05) is 27.2 Å². The Morgan fingerprint density at radius 1 is 0.414 bits per heavy atom. The lowest BCUT2D eigenvalue weighted by Crippen LogP contribution is -2.45. The highest BCUT2D eigenvalue weighted by Gasteiger charge is 2.23. The first-order valence-electron chi connectivity index (χ1n) is 34.6. The van der Waals surface area contributed by atoms with Crippen molar-refractivity contribution in [3.8, 4) is 0 Å². The molecular weight excluding hydrogens is 1090 g/mol. The molecule has 3 unspecified atom stereocenters. The van der Waals surface area contributed by atoms with Crippen LogP contribution in [-0.4, -0.2) is 68.5 Å². The Morgan fingerprint density at radius 3 is 1.07 bits per heavy atom. The lowest BCUT2D eigenvalue weighted by atomic mass is 10.0. The second-order valence-electron chi connectivity index (χ2n) is 23.8. The molecule has 0 saturated carbocycles. The fourth-order valence-corrected chi connectivity index (χ4v) is 9.71. The monoisotopic (exact) mass is 1220 g/mol. The summed E-state index contributed by atoms with van der Waals surface area (Å²) in [5.41, 5.74) is 0. The van der Waals surface area contributed by atoms with Crippen LogP contribution in [0.15, 0.2) is 182 Å². The number of allylic oxidation sites excluding steroid dienone is 29. The van der Waals surface area contributed by atoms with Crippen LogP contribution < -0.4 is 10.2 Å². The molecule has 2 N–H and O–H groups in total. The number of carbonyl (C=O) groups is 1. The molecule has 0 rings (SSSR count). The van der Waals surface area contributed by atoms with Gasteiger partial charge in [0.25, 0.3) is 7.82 Å². The summed E-state index contributed by atoms with van der Waals surface area (Å²) in [5, 5.41) is 13.9. The minimum absolute atomic E-state index is 0.0277. The van der Waals surface area contributed by atoms with Crippen molar-refractivity contribution in [2.45, 2.75) is 264 Å². The number of amides is 1. The van der Waals surface area contributed by atoms with Crippen molar-refractivity contribution in [1.29, 1.82) is 0 Å². The van der Waals surface area contributed by atoms with Crippen molar-refractivity contribution >= 4 is 13.7 Å². The van der Waals surface area contributed by atoms with Gasteiger partial charge in [-0.15, -0.1) is 0 Å². The molecule has 0 radical (unpaired) electrons. The van der Waals surface area contributed by atoms with Crippen molar-refractivity contribution < 1.29 is 32.9 Å². The van der Waals surface area contributed by atoms with Crippen LogP contribution in [0.25, 0.3) is 0 Å². The summed E-state index contributed by atoms with van der Waals surface area (Å²) in [4.78, 5) is 25.6. The molecule has 0 saturated heterocycles. The summed E-state index contributed by atoms with van der Waals surface area (Å²) >= 11 is 0. The first-order valence-corrected chi connectivity index (χ1v) is 36.1. The van der Waals surface area contributed by atoms with E-state index in [-0.39, 0.29) is 18.9 Å². The number of phosphoric ester groups is 1. The number of carbonyl (C=O) groups excluding carboxylic acids is 1. The molecule has 0 aliphatic rings. The number of rotatable bonds is 61. The van der Waals surface area contributed by atoms with E-state index in [1.165, 1.54) is 109 Å². The van der Waals surface area contributed by atoms with Crippen molar-refractivity contribution in [3.63, 3.8) is 0 Å². The topological polar surface area (TPSA) is 108 Å². The van der Waals surface area contributed by atoms with Gasteiger partial charge >= 0.3 is 0 Å². The van der Waals surface area contributed by atoms with E-state index in [1.54, 1.807) is 6.08 Å². The Kier molecular flexibility index (Phi) is 62.7. The average Bonchev–Trinajstić information content (AvgIpc) is 3.69. The predicted octanol–water partition coefficient (Wildman–Crippen LogP) is 21.9. The van der Waals surface area contributed by atoms with Crippen LogP contribution >= 0.6 is 7.82 Å². The molecular formula is C78H129N2O6P. The normalized spacial score (nSPS) is 14.8. The molecule has 492 valence electrons. The minimum Gasteiger partial charge on any atom is -0.756 e. The van der Waals surface area contributed by atoms with Gasteiger partial charge in [0.05, 0.1) is 39.9 Å². The van der Waals surface area contributed by atoms with Crippen molar-refractivity contribution in [2.24, 2.45) is 0 Å². The van der Waals surface area contributed by atoms with Crippen LogP contribution in [0.1, 0.15) is 251 Å². The van der Waals surface area contributed by atoms with Crippen LogP contribution in [0.2, 0.25) is 0 Å². The van der Waals surface area contributed by atoms with E-state index < -0.39 is 26.6 Å². The van der Waals surface area contributed by atoms with Crippen LogP contribution in [0, 0.1) is 0 Å². The fraction of sp³-hybridized carbons (Fsp3) is 0.603. The highest BCUT2D eigenvalue weighted by molar-refractivity contribution is 7.45. The van der Waals surface area contributed by atoms with E-state index in [0.29, 0.717) is 23.9 Å². The minimum atomic E-state index is -4.64. The van der Waals surface area contributed by atoms with Gasteiger partial charge < -0.3 is 28.8 Å². The maximum Gasteiger partial charge on any atom is 0.268 e. The number of nitrogens with zero attached hydrogens (tertiary/aromatic N) is 1. The Labute approximate surface area is 536 Å². The van der Waals surface area contributed by atoms with Gasteiger partial charge in [-0.2, -0.15) is 0 Å². The Bertz CT molecular complexity index is 2070. The Hall–Kier alpha value is -4.40. The van der Waals surface area contributed by atoms with Gasteiger partial charge in [0.15, 0.2) is 0 Å². The number of hydrogen-bond acceptors (Lipinski definition) is 6. The molecule has 0 aliphatic carbocycles. The smallest absolute Gasteiger partial charge is 0.268 e. The molecule has 0 heterocycles. The maximum absolute atomic E-state index is 13.0. The average molecular weight is 1220 g/mol. The summed E-state index contributed by atoms with van der Waals surface area (Å²) in [6.07, 6.45) is 106. The van der Waals surface area contributed by atoms with Crippen LogP contribution in [0.4, 0.5) is 0 Å². The largest absolute Gasteiger partial charge is 0.756 e. The third-order valence-electron chi connectivity index (χ3n) is 14.3. The molecule has 3 atom stereocenters. The summed E-state index contributed by atoms with van der Waals surface area (Å²) in [6.45, 7) is 4.47. The van der Waals surface area contributed by atoms with Gasteiger partial charge in [0.2, 0.25) is 5.91 Å². The molecule has 0 aromatic heterocycles. The number of aliphatic hydroxyl groups is 1. The summed E-state index contributed by atoms with van der Waals surface area (Å²) in [6, 6.07) is -0.949. The van der Waals surface area contributed by atoms with Gasteiger partial charge in [-0.1, -0.05) is 292 Å². The first-order chi connectivity index (χ1) is 42.5. The fourth-order valence-electron chi connectivity index (χ4n) is 8.99. The molecule has 0 aliphatic heterocycles. The number of aliphatic hydroxyl groups excluding tert-OH is 1. The highest BCUT2D eigenvalue weighted by Crippen LogP contribution is 2.38. The quantitative estimate of drug-likeness (QED) is 0.0272. The van der Waals surface area contributed by atoms with Crippen molar-refractivity contribution in [2.75, 3.05) is 40.9 Å². The second kappa shape index (κ2) is 66.0. The van der Waals surface area contributed by atoms with E-state index in [4.69, 9.17) is 9.05 Å². The van der Waals surface area contributed by atoms with Gasteiger partial charge in [0, 0.05) is 6.42 Å². The number of hydrogen-bond donors (Lipinski definition) is 2. The number of unbranched alkanes of at least 4 members (excludes halogenated alkanes) is 20. The van der Waals surface area contributed by atoms with Crippen molar-refractivity contribution in [3.05, 3.63) is 182 Å². The zero-order valence-corrected chi connectivity index (χ0v) is 57.0. The first kappa shape index (κ1) is 82.6. The highest BCUT2D eigenvalue weighted by atomic mass is 31.2. The maximum atomic E-state index is 13.0. The molecule has 0 aromatic carbocycles. The van der Waals surface area contributed by atoms with Crippen LogP contribution in [0.5, 0.6) is 0 Å². The number of likely N-dealkylation sites (N-methyl/N-ethyl adjacent to an activating group) is 1. The lowest BCUT2D eigenvalue weighted by molar-refractivity contribution is -0.870. The van der Waals surface area contributed by atoms with E-state index >= 15 is 0 Å². The van der Waals surface area contributed by atoms with Crippen LogP contribution in [-0.2, 0) is 18.4 Å². The number of quaternary nitrogens is 1. The molecule has 0 aromatic rings. The predicted molar refractivity (Wildman–Crippen MR) is 380 cm³/mol. The lowest BCUT2D eigenvalue weighted by Gasteiger charge is -2.29. The third-order valence-corrected chi connectivity index (χ3v) is 15.3. The van der Waals surface area contributed by atoms with E-state index in [9.17, 15) is 19.4 Å². The number of nitrogens with one attached hydrogen (secondary N) is 1. The zero-order valence-electron chi connectivity index (χ0n) is 56.1. The molecule has 0 fully saturated rings. The summed E-state index contributed by atoms with van der Waals surface area (Å²) in [5.74, 6) is -0.260. The Balaban J connectivity index is 4.32. The van der Waals surface area contributed by atoms with Gasteiger partial charge in [0.1, 0.15) is 13.2 Å². The van der Waals surface area contributed by atoms with E-state index in [2.05, 4.69) is 189 Å². The molecule has 87 heavy (non-hydrogen) atoms. The molecule has 8 nitrogen and oxygen atoms in total. The van der Waals surface area contributed by atoms with Crippen LogP contribution in [0.3, 0.4) is 0 Å². The third kappa shape index (κ3) is 68.9. The second-order valence-corrected chi connectivity index (χ2v) is 25.2. The van der Waals surface area contributed by atoms with E-state index in [0.717, 1.165) is 109 Å². The Morgan fingerprint density at radius 2 is 0.713 bits per heavy atom. The molecule has 0 bridgehead atoms.